The molecule has 0 saturated heterocycles. The zero-order valence-corrected chi connectivity index (χ0v) is 16.5. The van der Waals surface area contributed by atoms with E-state index in [-0.39, 0.29) is 6.54 Å². The van der Waals surface area contributed by atoms with Gasteiger partial charge in [0, 0.05) is 29.2 Å². The second-order valence-electron chi connectivity index (χ2n) is 6.00. The van der Waals surface area contributed by atoms with Gasteiger partial charge in [-0.3, -0.25) is 23.5 Å². The molecule has 0 saturated carbocycles. The number of nitrogens with zero attached hydrogens (tertiary/aromatic N) is 2. The van der Waals surface area contributed by atoms with Crippen LogP contribution in [0.1, 0.15) is 0 Å². The topological polar surface area (TPSA) is 91.6 Å². The third kappa shape index (κ3) is 4.49. The minimum Gasteiger partial charge on any atom is -0.497 e. The lowest BCUT2D eigenvalue weighted by molar-refractivity contribution is -0.116. The lowest BCUT2D eigenvalue weighted by atomic mass is 10.2. The van der Waals surface area contributed by atoms with E-state index in [1.807, 2.05) is 0 Å². The van der Waals surface area contributed by atoms with E-state index in [1.165, 1.54) is 31.2 Å². The summed E-state index contributed by atoms with van der Waals surface area (Å²) in [6.07, 6.45) is 2.80. The Morgan fingerprint density at radius 2 is 1.72 bits per heavy atom. The first-order valence-electron chi connectivity index (χ1n) is 8.53. The molecule has 8 nitrogen and oxygen atoms in total. The molecule has 29 heavy (non-hydrogen) atoms. The summed E-state index contributed by atoms with van der Waals surface area (Å²) >= 11 is 5.84. The summed E-state index contributed by atoms with van der Waals surface area (Å²) in [6.45, 7) is -0.329. The monoisotopic (exact) mass is 415 g/mol. The molecule has 0 unspecified atom stereocenters. The van der Waals surface area contributed by atoms with Crippen LogP contribution < -0.4 is 25.9 Å². The SMILES string of the molecule is COc1ccc(NC(=O)Cn2ccn(-c3ccc(Cl)cc3)c(=O)c2=O)c(OC)c1. The summed E-state index contributed by atoms with van der Waals surface area (Å²) in [6, 6.07) is 11.4. The minimum atomic E-state index is -0.820. The Morgan fingerprint density at radius 1 is 1.00 bits per heavy atom. The van der Waals surface area contributed by atoms with Gasteiger partial charge in [0.15, 0.2) is 0 Å². The number of rotatable bonds is 6. The number of ether oxygens (including phenoxy) is 2. The summed E-state index contributed by atoms with van der Waals surface area (Å²) < 4.78 is 12.6. The average Bonchev–Trinajstić information content (AvgIpc) is 2.72. The second kappa shape index (κ2) is 8.66. The fourth-order valence-electron chi connectivity index (χ4n) is 2.68. The molecule has 0 aliphatic rings. The van der Waals surface area contributed by atoms with Crippen molar-refractivity contribution < 1.29 is 14.3 Å². The van der Waals surface area contributed by atoms with Crippen LogP contribution in [0.3, 0.4) is 0 Å². The first kappa shape index (κ1) is 20.2. The molecule has 0 spiro atoms. The van der Waals surface area contributed by atoms with Gasteiger partial charge >= 0.3 is 11.1 Å². The van der Waals surface area contributed by atoms with Crippen LogP contribution in [0.2, 0.25) is 5.02 Å². The van der Waals surface area contributed by atoms with E-state index in [1.54, 1.807) is 42.5 Å². The maximum absolute atomic E-state index is 12.4. The van der Waals surface area contributed by atoms with Crippen molar-refractivity contribution in [3.05, 3.63) is 80.6 Å². The lowest BCUT2D eigenvalue weighted by Crippen LogP contribution is -2.41. The molecule has 0 radical (unpaired) electrons. The molecule has 0 bridgehead atoms. The van der Waals surface area contributed by atoms with E-state index in [4.69, 9.17) is 21.1 Å². The van der Waals surface area contributed by atoms with Crippen LogP contribution in [0.5, 0.6) is 11.5 Å². The van der Waals surface area contributed by atoms with Gasteiger partial charge in [-0.25, -0.2) is 0 Å². The second-order valence-corrected chi connectivity index (χ2v) is 6.43. The number of amides is 1. The van der Waals surface area contributed by atoms with E-state index in [0.717, 1.165) is 4.57 Å². The molecular weight excluding hydrogens is 398 g/mol. The number of carbonyl (C=O) groups excluding carboxylic acids is 1. The van der Waals surface area contributed by atoms with E-state index in [2.05, 4.69) is 5.32 Å². The minimum absolute atomic E-state index is 0.329. The van der Waals surface area contributed by atoms with E-state index in [9.17, 15) is 14.4 Å². The smallest absolute Gasteiger partial charge is 0.320 e. The highest BCUT2D eigenvalue weighted by Gasteiger charge is 2.12. The van der Waals surface area contributed by atoms with Crippen molar-refractivity contribution >= 4 is 23.2 Å². The normalized spacial score (nSPS) is 10.4. The van der Waals surface area contributed by atoms with Crippen LogP contribution >= 0.6 is 11.6 Å². The number of hydrogen-bond donors (Lipinski definition) is 1. The Kier molecular flexibility index (Phi) is 6.04. The van der Waals surface area contributed by atoms with Crippen LogP contribution in [-0.4, -0.2) is 29.3 Å². The molecule has 0 aliphatic carbocycles. The van der Waals surface area contributed by atoms with Gasteiger partial charge in [-0.1, -0.05) is 11.6 Å². The third-order valence-electron chi connectivity index (χ3n) is 4.16. The lowest BCUT2D eigenvalue weighted by Gasteiger charge is -2.12. The maximum atomic E-state index is 12.4. The molecular formula is C20H18ClN3O5. The Labute approximate surface area is 170 Å². The molecule has 9 heteroatoms. The van der Waals surface area contributed by atoms with Gasteiger partial charge in [0.1, 0.15) is 18.0 Å². The van der Waals surface area contributed by atoms with Gasteiger partial charge in [-0.15, -0.1) is 0 Å². The van der Waals surface area contributed by atoms with Gasteiger partial charge in [-0.05, 0) is 36.4 Å². The quantitative estimate of drug-likeness (QED) is 0.624. The Hall–Kier alpha value is -3.52. The number of aromatic nitrogens is 2. The zero-order valence-electron chi connectivity index (χ0n) is 15.7. The molecule has 3 rings (SSSR count). The molecule has 1 amide bonds. The number of halogens is 1. The third-order valence-corrected chi connectivity index (χ3v) is 4.41. The first-order chi connectivity index (χ1) is 13.9. The van der Waals surface area contributed by atoms with E-state index in [0.29, 0.717) is 27.9 Å². The van der Waals surface area contributed by atoms with Crippen molar-refractivity contribution in [1.82, 2.24) is 9.13 Å². The summed E-state index contributed by atoms with van der Waals surface area (Å²) in [7, 11) is 2.98. The molecule has 1 N–H and O–H groups in total. The predicted molar refractivity (Wildman–Crippen MR) is 109 cm³/mol. The molecule has 0 atom stereocenters. The fourth-order valence-corrected chi connectivity index (χ4v) is 2.81. The van der Waals surface area contributed by atoms with Crippen molar-refractivity contribution in [1.29, 1.82) is 0 Å². The summed E-state index contributed by atoms with van der Waals surface area (Å²) in [5, 5.41) is 3.17. The number of carbonyl (C=O) groups is 1. The summed E-state index contributed by atoms with van der Waals surface area (Å²) in [4.78, 5) is 37.2. The van der Waals surface area contributed by atoms with Gasteiger partial charge in [0.25, 0.3) is 0 Å². The van der Waals surface area contributed by atoms with Gasteiger partial charge < -0.3 is 14.8 Å². The Balaban J connectivity index is 1.81. The molecule has 0 fully saturated rings. The van der Waals surface area contributed by atoms with Crippen molar-refractivity contribution in [3.63, 3.8) is 0 Å². The summed E-state index contributed by atoms with van der Waals surface area (Å²) in [5.41, 5.74) is -0.680. The molecule has 0 aliphatic heterocycles. The number of benzene rings is 2. The van der Waals surface area contributed by atoms with Crippen molar-refractivity contribution in [2.24, 2.45) is 0 Å². The van der Waals surface area contributed by atoms with Gasteiger partial charge in [-0.2, -0.15) is 0 Å². The molecule has 3 aromatic rings. The molecule has 1 heterocycles. The standard InChI is InChI=1S/C20H18ClN3O5/c1-28-15-7-8-16(17(11-15)29-2)22-18(25)12-23-9-10-24(20(27)19(23)26)14-5-3-13(21)4-6-14/h3-11H,12H2,1-2H3,(H,22,25). The highest BCUT2D eigenvalue weighted by Crippen LogP contribution is 2.28. The summed E-state index contributed by atoms with van der Waals surface area (Å²) in [5.74, 6) is 0.490. The molecule has 1 aromatic heterocycles. The first-order valence-corrected chi connectivity index (χ1v) is 8.90. The largest absolute Gasteiger partial charge is 0.497 e. The number of anilines is 1. The Morgan fingerprint density at radius 3 is 2.38 bits per heavy atom. The van der Waals surface area contributed by atoms with Crippen LogP contribution in [0.25, 0.3) is 5.69 Å². The van der Waals surface area contributed by atoms with Gasteiger partial charge in [0.05, 0.1) is 19.9 Å². The number of nitrogens with one attached hydrogen (secondary N) is 1. The highest BCUT2D eigenvalue weighted by molar-refractivity contribution is 6.30. The average molecular weight is 416 g/mol. The predicted octanol–water partition coefficient (Wildman–Crippen LogP) is 2.31. The fraction of sp³-hybridized carbons (Fsp3) is 0.150. The van der Waals surface area contributed by atoms with Crippen LogP contribution in [0.4, 0.5) is 5.69 Å². The zero-order chi connectivity index (χ0) is 21.0. The molecule has 2 aromatic carbocycles. The maximum Gasteiger partial charge on any atom is 0.320 e. The van der Waals surface area contributed by atoms with E-state index < -0.39 is 17.0 Å². The van der Waals surface area contributed by atoms with E-state index >= 15 is 0 Å². The Bertz CT molecular complexity index is 1150. The van der Waals surface area contributed by atoms with Crippen molar-refractivity contribution in [2.75, 3.05) is 19.5 Å². The highest BCUT2D eigenvalue weighted by atomic mass is 35.5. The van der Waals surface area contributed by atoms with Crippen LogP contribution in [-0.2, 0) is 11.3 Å². The number of methoxy groups -OCH3 is 2. The van der Waals surface area contributed by atoms with Gasteiger partial charge in [0.2, 0.25) is 5.91 Å². The van der Waals surface area contributed by atoms with Crippen LogP contribution in [0, 0.1) is 0 Å². The van der Waals surface area contributed by atoms with Crippen molar-refractivity contribution in [2.45, 2.75) is 6.54 Å². The number of hydrogen-bond acceptors (Lipinski definition) is 5. The molecule has 150 valence electrons. The van der Waals surface area contributed by atoms with Crippen molar-refractivity contribution in [3.8, 4) is 17.2 Å². The van der Waals surface area contributed by atoms with Crippen LogP contribution in [0.15, 0.2) is 64.4 Å².